The van der Waals surface area contributed by atoms with Crippen LogP contribution in [0.1, 0.15) is 15.2 Å². The first-order valence-corrected chi connectivity index (χ1v) is 9.52. The molecule has 3 rings (SSSR count). The molecule has 1 aromatic heterocycles. The second-order valence-corrected chi connectivity index (χ2v) is 7.29. The number of benzene rings is 2. The van der Waals surface area contributed by atoms with Gasteiger partial charge in [0.05, 0.1) is 19.9 Å². The summed E-state index contributed by atoms with van der Waals surface area (Å²) in [4.78, 5) is 17.4. The van der Waals surface area contributed by atoms with Crippen LogP contribution in [0.4, 0.5) is 0 Å². The second-order valence-electron chi connectivity index (χ2n) is 5.71. The zero-order chi connectivity index (χ0) is 19.2. The van der Waals surface area contributed by atoms with Crippen LogP contribution in [0.15, 0.2) is 48.5 Å². The topological polar surface area (TPSA) is 60.5 Å². The number of halogens is 1. The van der Waals surface area contributed by atoms with Gasteiger partial charge < -0.3 is 14.8 Å². The van der Waals surface area contributed by atoms with E-state index in [-0.39, 0.29) is 5.91 Å². The quantitative estimate of drug-likeness (QED) is 0.634. The molecule has 1 amide bonds. The summed E-state index contributed by atoms with van der Waals surface area (Å²) >= 11 is 7.23. The summed E-state index contributed by atoms with van der Waals surface area (Å²) in [5.74, 6) is 1.16. The minimum absolute atomic E-state index is 0.182. The van der Waals surface area contributed by atoms with Gasteiger partial charge in [-0.2, -0.15) is 0 Å². The lowest BCUT2D eigenvalue weighted by molar-refractivity contribution is 0.0958. The molecule has 0 atom stereocenters. The number of amides is 1. The highest BCUT2D eigenvalue weighted by Crippen LogP contribution is 2.31. The van der Waals surface area contributed by atoms with Gasteiger partial charge in [0.25, 0.3) is 5.91 Å². The van der Waals surface area contributed by atoms with Crippen molar-refractivity contribution in [1.82, 2.24) is 10.3 Å². The zero-order valence-electron chi connectivity index (χ0n) is 15.0. The molecule has 0 aliphatic carbocycles. The Morgan fingerprint density at radius 2 is 1.85 bits per heavy atom. The molecule has 27 heavy (non-hydrogen) atoms. The molecule has 0 spiro atoms. The number of carbonyl (C=O) groups is 1. The Kier molecular flexibility index (Phi) is 6.32. The van der Waals surface area contributed by atoms with Gasteiger partial charge in [-0.05, 0) is 24.1 Å². The van der Waals surface area contributed by atoms with Crippen molar-refractivity contribution in [3.63, 3.8) is 0 Å². The Hall–Kier alpha value is -2.57. The Labute approximate surface area is 166 Å². The third kappa shape index (κ3) is 4.59. The van der Waals surface area contributed by atoms with E-state index in [0.29, 0.717) is 39.5 Å². The maximum Gasteiger partial charge on any atom is 0.263 e. The van der Waals surface area contributed by atoms with E-state index in [9.17, 15) is 4.79 Å². The van der Waals surface area contributed by atoms with Crippen LogP contribution in [0, 0.1) is 0 Å². The van der Waals surface area contributed by atoms with Gasteiger partial charge in [-0.25, -0.2) is 4.98 Å². The Bertz CT molecular complexity index is 928. The molecule has 0 bridgehead atoms. The van der Waals surface area contributed by atoms with Gasteiger partial charge in [-0.15, -0.1) is 0 Å². The van der Waals surface area contributed by atoms with Gasteiger partial charge in [0, 0.05) is 12.1 Å². The smallest absolute Gasteiger partial charge is 0.263 e. The number of aromatic nitrogens is 1. The van der Waals surface area contributed by atoms with Crippen LogP contribution >= 0.6 is 22.9 Å². The normalized spacial score (nSPS) is 10.5. The molecule has 0 radical (unpaired) electrons. The van der Waals surface area contributed by atoms with Gasteiger partial charge in [-0.1, -0.05) is 59.3 Å². The molecule has 0 unspecified atom stereocenters. The molecule has 0 fully saturated rings. The first kappa shape index (κ1) is 19.2. The molecule has 0 saturated carbocycles. The van der Waals surface area contributed by atoms with Gasteiger partial charge >= 0.3 is 0 Å². The second kappa shape index (κ2) is 8.88. The highest BCUT2D eigenvalue weighted by atomic mass is 35.5. The third-order valence-corrected chi connectivity index (χ3v) is 5.16. The molecular formula is C20H19ClN2O3S. The maximum atomic E-state index is 12.6. The van der Waals surface area contributed by atoms with Crippen LogP contribution in [0.3, 0.4) is 0 Å². The number of thiazole rings is 1. The number of methoxy groups -OCH3 is 2. The van der Waals surface area contributed by atoms with Crippen LogP contribution in [0.25, 0.3) is 11.3 Å². The van der Waals surface area contributed by atoms with E-state index in [0.717, 1.165) is 11.1 Å². The van der Waals surface area contributed by atoms with Crippen molar-refractivity contribution in [2.75, 3.05) is 20.8 Å². The van der Waals surface area contributed by atoms with Crippen molar-refractivity contribution in [2.45, 2.75) is 6.42 Å². The van der Waals surface area contributed by atoms with Crippen molar-refractivity contribution < 1.29 is 14.3 Å². The molecule has 140 valence electrons. The Morgan fingerprint density at radius 3 is 2.56 bits per heavy atom. The largest absolute Gasteiger partial charge is 0.493 e. The average molecular weight is 403 g/mol. The van der Waals surface area contributed by atoms with E-state index in [1.54, 1.807) is 14.2 Å². The molecule has 0 saturated heterocycles. The van der Waals surface area contributed by atoms with E-state index in [4.69, 9.17) is 21.1 Å². The Morgan fingerprint density at radius 1 is 1.11 bits per heavy atom. The molecule has 0 aliphatic heterocycles. The number of nitrogens with one attached hydrogen (secondary N) is 1. The standard InChI is InChI=1S/C20H19ClN2O3S/c1-25-15-9-8-13(12-16(15)26-2)10-11-22-19(24)18-17(23-20(21)27-18)14-6-4-3-5-7-14/h3-9,12H,10-11H2,1-2H3,(H,22,24). The minimum atomic E-state index is -0.182. The summed E-state index contributed by atoms with van der Waals surface area (Å²) < 4.78 is 10.9. The first-order valence-electron chi connectivity index (χ1n) is 8.33. The fraction of sp³-hybridized carbons (Fsp3) is 0.200. The third-order valence-electron chi connectivity index (χ3n) is 4.00. The van der Waals surface area contributed by atoms with Crippen molar-refractivity contribution in [2.24, 2.45) is 0 Å². The fourth-order valence-electron chi connectivity index (χ4n) is 2.68. The van der Waals surface area contributed by atoms with E-state index in [1.165, 1.54) is 11.3 Å². The zero-order valence-corrected chi connectivity index (χ0v) is 16.6. The number of ether oxygens (including phenoxy) is 2. The van der Waals surface area contributed by atoms with E-state index < -0.39 is 0 Å². The molecule has 0 aliphatic rings. The van der Waals surface area contributed by atoms with Crippen LogP contribution in [0.2, 0.25) is 4.47 Å². The lowest BCUT2D eigenvalue weighted by Crippen LogP contribution is -2.25. The van der Waals surface area contributed by atoms with Crippen LogP contribution in [-0.4, -0.2) is 31.7 Å². The number of rotatable bonds is 7. The highest BCUT2D eigenvalue weighted by molar-refractivity contribution is 7.18. The van der Waals surface area contributed by atoms with Gasteiger partial charge in [0.15, 0.2) is 16.0 Å². The van der Waals surface area contributed by atoms with Crippen LogP contribution in [0.5, 0.6) is 11.5 Å². The molecule has 1 N–H and O–H groups in total. The number of carbonyl (C=O) groups excluding carboxylic acids is 1. The summed E-state index contributed by atoms with van der Waals surface area (Å²) in [6.07, 6.45) is 0.666. The summed E-state index contributed by atoms with van der Waals surface area (Å²) in [6, 6.07) is 15.3. The van der Waals surface area contributed by atoms with Crippen LogP contribution in [-0.2, 0) is 6.42 Å². The van der Waals surface area contributed by atoms with Crippen molar-refractivity contribution in [3.05, 3.63) is 63.4 Å². The van der Waals surface area contributed by atoms with E-state index >= 15 is 0 Å². The van der Waals surface area contributed by atoms with Crippen molar-refractivity contribution >= 4 is 28.8 Å². The van der Waals surface area contributed by atoms with Crippen LogP contribution < -0.4 is 14.8 Å². The van der Waals surface area contributed by atoms with Gasteiger partial charge in [0.1, 0.15) is 4.88 Å². The Balaban J connectivity index is 1.67. The lowest BCUT2D eigenvalue weighted by Gasteiger charge is -2.10. The van der Waals surface area contributed by atoms with E-state index in [2.05, 4.69) is 10.3 Å². The number of hydrogen-bond acceptors (Lipinski definition) is 5. The average Bonchev–Trinajstić information content (AvgIpc) is 3.10. The molecule has 7 heteroatoms. The minimum Gasteiger partial charge on any atom is -0.493 e. The molecule has 1 heterocycles. The summed E-state index contributed by atoms with van der Waals surface area (Å²) in [5, 5.41) is 2.94. The van der Waals surface area contributed by atoms with E-state index in [1.807, 2.05) is 48.5 Å². The number of nitrogens with zero attached hydrogens (tertiary/aromatic N) is 1. The predicted molar refractivity (Wildman–Crippen MR) is 108 cm³/mol. The summed E-state index contributed by atoms with van der Waals surface area (Å²) in [7, 11) is 3.20. The fourth-order valence-corrected chi connectivity index (χ4v) is 3.72. The van der Waals surface area contributed by atoms with Crippen molar-refractivity contribution in [3.8, 4) is 22.8 Å². The molecule has 5 nitrogen and oxygen atoms in total. The number of hydrogen-bond donors (Lipinski definition) is 1. The summed E-state index contributed by atoms with van der Waals surface area (Å²) in [6.45, 7) is 0.484. The SMILES string of the molecule is COc1ccc(CCNC(=O)c2sc(Cl)nc2-c2ccccc2)cc1OC. The van der Waals surface area contributed by atoms with Gasteiger partial charge in [-0.3, -0.25) is 4.79 Å². The predicted octanol–water partition coefficient (Wildman–Crippen LogP) is 4.45. The van der Waals surface area contributed by atoms with Crippen molar-refractivity contribution in [1.29, 1.82) is 0 Å². The first-order chi connectivity index (χ1) is 13.1. The summed E-state index contributed by atoms with van der Waals surface area (Å²) in [5.41, 5.74) is 2.51. The lowest BCUT2D eigenvalue weighted by atomic mass is 10.1. The monoisotopic (exact) mass is 402 g/mol. The molecule has 2 aromatic carbocycles. The molecular weight excluding hydrogens is 384 g/mol. The maximum absolute atomic E-state index is 12.6. The van der Waals surface area contributed by atoms with Gasteiger partial charge in [0.2, 0.25) is 0 Å². The highest BCUT2D eigenvalue weighted by Gasteiger charge is 2.18. The molecule has 3 aromatic rings.